The molecule has 1 aromatic rings. The molecule has 19 heavy (non-hydrogen) atoms. The largest absolute Gasteiger partial charge is 0.356 e. The predicted octanol–water partition coefficient (Wildman–Crippen LogP) is 1.40. The molecule has 0 aliphatic carbocycles. The van der Waals surface area contributed by atoms with Crippen molar-refractivity contribution in [3.63, 3.8) is 0 Å². The van der Waals surface area contributed by atoms with Gasteiger partial charge in [-0.15, -0.1) is 12.4 Å². The van der Waals surface area contributed by atoms with Crippen LogP contribution in [-0.2, 0) is 11.2 Å². The summed E-state index contributed by atoms with van der Waals surface area (Å²) in [5, 5.41) is 6.65. The van der Waals surface area contributed by atoms with Gasteiger partial charge in [0.15, 0.2) is 5.82 Å². The van der Waals surface area contributed by atoms with Crippen LogP contribution in [0.4, 0.5) is 0 Å². The zero-order valence-corrected chi connectivity index (χ0v) is 12.5. The molecule has 0 bridgehead atoms. The summed E-state index contributed by atoms with van der Waals surface area (Å²) in [6.07, 6.45) is 1.62. The van der Waals surface area contributed by atoms with Gasteiger partial charge in [0.2, 0.25) is 11.8 Å². The maximum absolute atomic E-state index is 11.5. The molecule has 0 saturated carbocycles. The normalized spacial score (nSPS) is 12.1. The number of hydrogen-bond acceptors (Lipinski definition) is 5. The molecule has 110 valence electrons. The van der Waals surface area contributed by atoms with Crippen molar-refractivity contribution in [3.05, 3.63) is 11.7 Å². The topological polar surface area (TPSA) is 94.0 Å². The number of carbonyl (C=O) groups is 1. The Morgan fingerprint density at radius 1 is 1.42 bits per heavy atom. The minimum Gasteiger partial charge on any atom is -0.356 e. The summed E-state index contributed by atoms with van der Waals surface area (Å²) < 4.78 is 5.06. The summed E-state index contributed by atoms with van der Waals surface area (Å²) in [4.78, 5) is 15.7. The number of nitrogens with zero attached hydrogens (tertiary/aromatic N) is 2. The summed E-state index contributed by atoms with van der Waals surface area (Å²) in [5.74, 6) is 1.42. The second kappa shape index (κ2) is 8.87. The Morgan fingerprint density at radius 3 is 2.63 bits per heavy atom. The molecule has 1 atom stereocenters. The van der Waals surface area contributed by atoms with E-state index in [1.54, 1.807) is 0 Å². The second-order valence-electron chi connectivity index (χ2n) is 4.82. The van der Waals surface area contributed by atoms with E-state index in [0.717, 1.165) is 6.42 Å². The highest BCUT2D eigenvalue weighted by Crippen LogP contribution is 2.10. The van der Waals surface area contributed by atoms with Crippen molar-refractivity contribution in [3.8, 4) is 0 Å². The van der Waals surface area contributed by atoms with Gasteiger partial charge in [-0.3, -0.25) is 4.79 Å². The fraction of sp³-hybridized carbons (Fsp3) is 0.750. The monoisotopic (exact) mass is 290 g/mol. The number of nitrogens with two attached hydrogens (primary N) is 1. The van der Waals surface area contributed by atoms with Crippen molar-refractivity contribution < 1.29 is 9.32 Å². The first-order chi connectivity index (χ1) is 8.49. The smallest absolute Gasteiger partial charge is 0.227 e. The Kier molecular flexibility index (Phi) is 8.34. The van der Waals surface area contributed by atoms with E-state index in [-0.39, 0.29) is 30.3 Å². The number of carbonyl (C=O) groups excluding carboxylic acids is 1. The second-order valence-corrected chi connectivity index (χ2v) is 4.82. The number of nitrogens with one attached hydrogen (secondary N) is 1. The first kappa shape index (κ1) is 17.9. The van der Waals surface area contributed by atoms with Gasteiger partial charge < -0.3 is 15.6 Å². The Hall–Kier alpha value is -1.14. The molecule has 1 rings (SSSR count). The third-order valence-electron chi connectivity index (χ3n) is 2.49. The molecular formula is C12H23ClN4O2. The van der Waals surface area contributed by atoms with Gasteiger partial charge in [0.25, 0.3) is 0 Å². The van der Waals surface area contributed by atoms with Crippen molar-refractivity contribution in [1.29, 1.82) is 0 Å². The lowest BCUT2D eigenvalue weighted by Gasteiger charge is -2.06. The number of hydrogen-bond donors (Lipinski definition) is 2. The summed E-state index contributed by atoms with van der Waals surface area (Å²) in [5.41, 5.74) is 5.59. The highest BCUT2D eigenvalue weighted by atomic mass is 35.5. The minimum atomic E-state index is -0.0139. The number of rotatable bonds is 7. The van der Waals surface area contributed by atoms with Gasteiger partial charge in [-0.2, -0.15) is 4.98 Å². The summed E-state index contributed by atoms with van der Waals surface area (Å²) >= 11 is 0. The van der Waals surface area contributed by atoms with Gasteiger partial charge in [0.1, 0.15) is 0 Å². The number of aryl methyl sites for hydroxylation is 1. The van der Waals surface area contributed by atoms with Crippen LogP contribution in [0.15, 0.2) is 4.52 Å². The third kappa shape index (κ3) is 7.12. The van der Waals surface area contributed by atoms with Gasteiger partial charge >= 0.3 is 0 Å². The van der Waals surface area contributed by atoms with Gasteiger partial charge in [0.05, 0.1) is 0 Å². The average molecular weight is 291 g/mol. The van der Waals surface area contributed by atoms with Gasteiger partial charge in [-0.25, -0.2) is 0 Å². The molecule has 6 nitrogen and oxygen atoms in total. The van der Waals surface area contributed by atoms with Crippen molar-refractivity contribution in [2.24, 2.45) is 5.73 Å². The molecular weight excluding hydrogens is 268 g/mol. The average Bonchev–Trinajstić information content (AvgIpc) is 2.74. The molecule has 1 aromatic heterocycles. The minimum absolute atomic E-state index is 0. The maximum Gasteiger partial charge on any atom is 0.227 e. The van der Waals surface area contributed by atoms with E-state index < -0.39 is 0 Å². The quantitative estimate of drug-likeness (QED) is 0.791. The van der Waals surface area contributed by atoms with Crippen LogP contribution < -0.4 is 11.1 Å². The summed E-state index contributed by atoms with van der Waals surface area (Å²) in [7, 11) is 0. The highest BCUT2D eigenvalue weighted by molar-refractivity contribution is 5.85. The zero-order chi connectivity index (χ0) is 13.5. The van der Waals surface area contributed by atoms with E-state index >= 15 is 0 Å². The van der Waals surface area contributed by atoms with E-state index in [2.05, 4.69) is 15.5 Å². The van der Waals surface area contributed by atoms with Crippen molar-refractivity contribution in [1.82, 2.24) is 15.5 Å². The highest BCUT2D eigenvalue weighted by Gasteiger charge is 2.11. The molecule has 0 spiro atoms. The number of aromatic nitrogens is 2. The summed E-state index contributed by atoms with van der Waals surface area (Å²) in [6, 6.07) is 0.106. The number of amides is 1. The van der Waals surface area contributed by atoms with Crippen molar-refractivity contribution >= 4 is 18.3 Å². The molecule has 0 fully saturated rings. The number of halogens is 1. The molecule has 3 N–H and O–H groups in total. The standard InChI is InChI=1S/C12H22N4O2.ClH/c1-8(2)12-15-11(18-16-12)5-4-10(17)14-7-6-9(3)13;/h8-9H,4-7,13H2,1-3H3,(H,14,17);1H. The first-order valence-electron chi connectivity index (χ1n) is 6.33. The van der Waals surface area contributed by atoms with Crippen molar-refractivity contribution in [2.45, 2.75) is 52.0 Å². The van der Waals surface area contributed by atoms with Gasteiger partial charge in [-0.05, 0) is 13.3 Å². The maximum atomic E-state index is 11.5. The Balaban J connectivity index is 0.00000324. The molecule has 1 amide bonds. The van der Waals surface area contributed by atoms with E-state index in [1.807, 2.05) is 20.8 Å². The van der Waals surface area contributed by atoms with Crippen LogP contribution in [0, 0.1) is 0 Å². The van der Waals surface area contributed by atoms with Crippen LogP contribution in [0.3, 0.4) is 0 Å². The fourth-order valence-electron chi connectivity index (χ4n) is 1.35. The lowest BCUT2D eigenvalue weighted by atomic mass is 10.2. The van der Waals surface area contributed by atoms with Crippen LogP contribution in [0.1, 0.15) is 51.2 Å². The lowest BCUT2D eigenvalue weighted by Crippen LogP contribution is -2.29. The molecule has 0 aromatic carbocycles. The first-order valence-corrected chi connectivity index (χ1v) is 6.33. The Labute approximate surface area is 119 Å². The van der Waals surface area contributed by atoms with E-state index in [4.69, 9.17) is 10.3 Å². The zero-order valence-electron chi connectivity index (χ0n) is 11.7. The summed E-state index contributed by atoms with van der Waals surface area (Å²) in [6.45, 7) is 6.51. The van der Waals surface area contributed by atoms with Crippen LogP contribution in [0.25, 0.3) is 0 Å². The molecule has 0 saturated heterocycles. The molecule has 1 heterocycles. The van der Waals surface area contributed by atoms with Crippen LogP contribution in [-0.4, -0.2) is 28.6 Å². The molecule has 1 unspecified atom stereocenters. The van der Waals surface area contributed by atoms with Crippen LogP contribution >= 0.6 is 12.4 Å². The van der Waals surface area contributed by atoms with Gasteiger partial charge in [0, 0.05) is 31.3 Å². The molecule has 0 aliphatic heterocycles. The van der Waals surface area contributed by atoms with E-state index in [9.17, 15) is 4.79 Å². The Bertz CT molecular complexity index is 380. The van der Waals surface area contributed by atoms with Crippen molar-refractivity contribution in [2.75, 3.05) is 6.54 Å². The van der Waals surface area contributed by atoms with Crippen LogP contribution in [0.5, 0.6) is 0 Å². The fourth-order valence-corrected chi connectivity index (χ4v) is 1.35. The van der Waals surface area contributed by atoms with Crippen LogP contribution in [0.2, 0.25) is 0 Å². The van der Waals surface area contributed by atoms with Gasteiger partial charge in [-0.1, -0.05) is 19.0 Å². The lowest BCUT2D eigenvalue weighted by molar-refractivity contribution is -0.121. The molecule has 0 aliphatic rings. The van der Waals surface area contributed by atoms with E-state index in [0.29, 0.717) is 31.1 Å². The third-order valence-corrected chi connectivity index (χ3v) is 2.49. The SMILES string of the molecule is CC(N)CCNC(=O)CCc1nc(C(C)C)no1.Cl. The predicted molar refractivity (Wildman–Crippen MR) is 75.2 cm³/mol. The molecule has 7 heteroatoms. The van der Waals surface area contributed by atoms with E-state index in [1.165, 1.54) is 0 Å². The molecule has 0 radical (unpaired) electrons. The Morgan fingerprint density at radius 2 is 2.11 bits per heavy atom.